The van der Waals surface area contributed by atoms with Gasteiger partial charge in [0, 0.05) is 0 Å². The van der Waals surface area contributed by atoms with Gasteiger partial charge in [0.25, 0.3) is 0 Å². The van der Waals surface area contributed by atoms with Gasteiger partial charge in [-0.05, 0) is 0 Å². The van der Waals surface area contributed by atoms with Crippen molar-refractivity contribution in [3.8, 4) is 22.3 Å². The number of rotatable bonds is 11. The van der Waals surface area contributed by atoms with Gasteiger partial charge in [0.05, 0.1) is 0 Å². The van der Waals surface area contributed by atoms with Gasteiger partial charge in [0.15, 0.2) is 0 Å². The molecule has 50 heavy (non-hydrogen) atoms. The second kappa shape index (κ2) is 14.0. The number of halogens is 2. The Labute approximate surface area is 314 Å². The number of benzene rings is 4. The first kappa shape index (κ1) is 38.2. The van der Waals surface area contributed by atoms with Gasteiger partial charge in [-0.3, -0.25) is 0 Å². The third-order valence-electron chi connectivity index (χ3n) is 11.6. The molecule has 0 bridgehead atoms. The van der Waals surface area contributed by atoms with Crippen LogP contribution in [-0.2, 0) is 15.6 Å². The molecule has 6 rings (SSSR count). The first-order valence-electron chi connectivity index (χ1n) is 19.0. The monoisotopic (exact) mass is 829 g/mol. The second-order valence-corrected chi connectivity index (χ2v) is 70.0. The Bertz CT molecular complexity index is 1860. The van der Waals surface area contributed by atoms with Crippen LogP contribution in [0.1, 0.15) is 69.0 Å². The normalized spacial score (nSPS) is 18.4. The number of hydrogen-bond acceptors (Lipinski definition) is 0. The summed E-state index contributed by atoms with van der Waals surface area (Å²) in [5.74, 6) is -1.65. The van der Waals surface area contributed by atoms with E-state index < -0.39 is 37.6 Å². The van der Waals surface area contributed by atoms with Gasteiger partial charge >= 0.3 is 317 Å². The van der Waals surface area contributed by atoms with E-state index >= 15 is 0 Å². The van der Waals surface area contributed by atoms with Crippen molar-refractivity contribution < 1.29 is 15.6 Å². The van der Waals surface area contributed by atoms with E-state index in [-0.39, 0.29) is 7.25 Å². The fourth-order valence-electron chi connectivity index (χ4n) is 9.29. The number of hydrogen-bond donors (Lipinski definition) is 0. The van der Waals surface area contributed by atoms with E-state index in [0.717, 1.165) is 25.7 Å². The SMILES string of the molecule is CCCC1=Cc2c(-c3ccccc3[Si](C)(C)C)cccc2[CH]1[Zr]([Cl])([Cl])([CH]1C(CCC)=Cc2c(-c3ccccc3[Si](C)(C)C)cccc21)[SiH](C)C. The van der Waals surface area contributed by atoms with Crippen LogP contribution in [0.25, 0.3) is 34.4 Å². The molecule has 2 aliphatic rings. The summed E-state index contributed by atoms with van der Waals surface area (Å²) in [6, 6.07) is 32.4. The van der Waals surface area contributed by atoms with E-state index in [1.54, 1.807) is 0 Å². The predicted molar refractivity (Wildman–Crippen MR) is 232 cm³/mol. The second-order valence-electron chi connectivity index (χ2n) is 17.4. The minimum absolute atomic E-state index is 0.120. The molecule has 0 saturated carbocycles. The predicted octanol–water partition coefficient (Wildman–Crippen LogP) is 13.3. The molecule has 2 unspecified atom stereocenters. The van der Waals surface area contributed by atoms with Crippen molar-refractivity contribution in [1.29, 1.82) is 0 Å². The van der Waals surface area contributed by atoms with Gasteiger partial charge in [-0.15, -0.1) is 0 Å². The number of fused-ring (bicyclic) bond motifs is 2. The molecule has 2 atom stereocenters. The topological polar surface area (TPSA) is 0 Å². The van der Waals surface area contributed by atoms with Crippen molar-refractivity contribution in [2.24, 2.45) is 0 Å². The van der Waals surface area contributed by atoms with Crippen LogP contribution in [0.15, 0.2) is 96.1 Å². The molecule has 0 spiro atoms. The molecule has 0 saturated heterocycles. The summed E-state index contributed by atoms with van der Waals surface area (Å²) in [5.41, 5.74) is 14.0. The summed E-state index contributed by atoms with van der Waals surface area (Å²) in [7, 11) is 14.5. The van der Waals surface area contributed by atoms with Crippen LogP contribution in [0.5, 0.6) is 0 Å². The molecule has 0 N–H and O–H groups in total. The molecule has 0 aromatic heterocycles. The fraction of sp³-hybridized carbons (Fsp3) is 0.364. The average Bonchev–Trinajstić information content (AvgIpc) is 3.63. The molecule has 0 fully saturated rings. The summed E-state index contributed by atoms with van der Waals surface area (Å²) in [4.78, 5) is 0. The van der Waals surface area contributed by atoms with Crippen molar-refractivity contribution in [1.82, 2.24) is 0 Å². The van der Waals surface area contributed by atoms with Crippen molar-refractivity contribution in [2.45, 2.75) is 99.2 Å². The molecular formula is C44H57Cl2Si3Zr. The first-order chi connectivity index (χ1) is 23.5. The van der Waals surface area contributed by atoms with E-state index in [4.69, 9.17) is 17.0 Å². The molecule has 0 nitrogen and oxygen atoms in total. The van der Waals surface area contributed by atoms with Crippen LogP contribution in [0.2, 0.25) is 52.4 Å². The molecule has 0 radical (unpaired) electrons. The molecule has 0 aliphatic heterocycles. The van der Waals surface area contributed by atoms with Gasteiger partial charge in [-0.2, -0.15) is 0 Å². The fourth-order valence-corrected chi connectivity index (χ4v) is 44.0. The van der Waals surface area contributed by atoms with Crippen LogP contribution in [0.4, 0.5) is 0 Å². The van der Waals surface area contributed by atoms with E-state index in [2.05, 4.69) is 163 Å². The zero-order valence-corrected chi connectivity index (χ0v) is 39.2. The van der Waals surface area contributed by atoms with Gasteiger partial charge in [0.1, 0.15) is 0 Å². The van der Waals surface area contributed by atoms with Crippen molar-refractivity contribution in [3.05, 3.63) is 118 Å². The van der Waals surface area contributed by atoms with Crippen LogP contribution in [0.3, 0.4) is 0 Å². The third-order valence-corrected chi connectivity index (χ3v) is 67.6. The third kappa shape index (κ3) is 6.41. The summed E-state index contributed by atoms with van der Waals surface area (Å²) < 4.78 is 0.240. The van der Waals surface area contributed by atoms with Gasteiger partial charge in [0.2, 0.25) is 0 Å². The molecular weight excluding hydrogens is 775 g/mol. The Balaban J connectivity index is 1.62. The van der Waals surface area contributed by atoms with E-state index in [0.29, 0.717) is 0 Å². The van der Waals surface area contributed by atoms with Gasteiger partial charge in [-0.1, -0.05) is 0 Å². The van der Waals surface area contributed by atoms with Crippen molar-refractivity contribution >= 4 is 61.6 Å². The summed E-state index contributed by atoms with van der Waals surface area (Å²) >= 11 is -4.88. The van der Waals surface area contributed by atoms with E-state index in [1.807, 2.05) is 0 Å². The van der Waals surface area contributed by atoms with E-state index in [1.165, 1.54) is 66.0 Å². The maximum absolute atomic E-state index is 8.83. The van der Waals surface area contributed by atoms with Crippen LogP contribution in [-0.4, -0.2) is 22.1 Å². The Kier molecular flexibility index (Phi) is 10.7. The van der Waals surface area contributed by atoms with Crippen molar-refractivity contribution in [2.75, 3.05) is 0 Å². The molecule has 6 heteroatoms. The van der Waals surface area contributed by atoms with Crippen LogP contribution >= 0.6 is 17.0 Å². The molecule has 2 aliphatic carbocycles. The Morgan fingerprint density at radius 1 is 0.540 bits per heavy atom. The summed E-state index contributed by atoms with van der Waals surface area (Å²) in [6.07, 6.45) is 9.35. The molecule has 4 aromatic rings. The summed E-state index contributed by atoms with van der Waals surface area (Å²) in [5, 5.41) is 3.04. The number of allylic oxidation sites excluding steroid dienone is 2. The van der Waals surface area contributed by atoms with Gasteiger partial charge < -0.3 is 0 Å². The molecule has 0 heterocycles. The Morgan fingerprint density at radius 3 is 1.24 bits per heavy atom. The molecule has 263 valence electrons. The Morgan fingerprint density at radius 2 is 0.900 bits per heavy atom. The average molecular weight is 832 g/mol. The molecule has 0 amide bonds. The first-order valence-corrected chi connectivity index (χ1v) is 42.3. The maximum atomic E-state index is 8.83. The minimum atomic E-state index is -4.88. The van der Waals surface area contributed by atoms with E-state index in [9.17, 15) is 0 Å². The summed E-state index contributed by atoms with van der Waals surface area (Å²) in [6.45, 7) is 24.4. The Hall–Kier alpha value is -1.53. The standard InChI is InChI=1S/2C21H25Si.C2H7Si.2ClH.Zr/c2*1-5-9-16-14-17-10-8-12-18(20(17)15-16)19-11-6-7-13-21(19)22(2,3)4;1-3-2;;;/h2*6-8,10-15H,5,9H2,1-4H3;3H,1-2H3;2*1H;/q;;;;;+2/p-2. The zero-order valence-electron chi connectivity index (χ0n) is 32.1. The zero-order chi connectivity index (χ0) is 36.2. The molecule has 4 aromatic carbocycles. The van der Waals surface area contributed by atoms with Crippen LogP contribution in [0, 0.1) is 0 Å². The van der Waals surface area contributed by atoms with Gasteiger partial charge in [-0.25, -0.2) is 0 Å². The quantitative estimate of drug-likeness (QED) is 0.132. The van der Waals surface area contributed by atoms with Crippen LogP contribution < -0.4 is 10.4 Å². The van der Waals surface area contributed by atoms with Crippen molar-refractivity contribution in [3.63, 3.8) is 0 Å².